The first-order valence-corrected chi connectivity index (χ1v) is 2.78. The first-order chi connectivity index (χ1) is 4.04. The minimum atomic E-state index is -2.21. The molecule has 2 atom stereocenters. The standard InChI is InChI=1S/C4H9ClFNO2/c5-4(9,2-8)3(6)1-7/h3,8-9H,1-2,7H2/t3-,4?/m0/s1. The van der Waals surface area contributed by atoms with Crippen LogP contribution in [0.25, 0.3) is 0 Å². The van der Waals surface area contributed by atoms with Crippen LogP contribution in [0.3, 0.4) is 0 Å². The second kappa shape index (κ2) is 3.31. The largest absolute Gasteiger partial charge is 0.392 e. The summed E-state index contributed by atoms with van der Waals surface area (Å²) < 4.78 is 12.2. The summed E-state index contributed by atoms with van der Waals surface area (Å²) in [6.45, 7) is -1.24. The van der Waals surface area contributed by atoms with Crippen molar-refractivity contribution in [2.24, 2.45) is 5.73 Å². The third kappa shape index (κ3) is 2.45. The van der Waals surface area contributed by atoms with Crippen LogP contribution in [0.4, 0.5) is 4.39 Å². The summed E-state index contributed by atoms with van der Waals surface area (Å²) in [6, 6.07) is 0. The van der Waals surface area contributed by atoms with Crippen molar-refractivity contribution in [2.45, 2.75) is 11.2 Å². The minimum absolute atomic E-state index is 0.402. The van der Waals surface area contributed by atoms with E-state index in [0.717, 1.165) is 0 Å². The Kier molecular flexibility index (Phi) is 3.35. The summed E-state index contributed by atoms with van der Waals surface area (Å²) in [7, 11) is 0. The van der Waals surface area contributed by atoms with Gasteiger partial charge in [-0.25, -0.2) is 4.39 Å². The maximum atomic E-state index is 12.2. The van der Waals surface area contributed by atoms with Crippen LogP contribution in [0.2, 0.25) is 0 Å². The lowest BCUT2D eigenvalue weighted by atomic mass is 10.2. The number of rotatable bonds is 3. The maximum absolute atomic E-state index is 12.2. The highest BCUT2D eigenvalue weighted by atomic mass is 35.5. The van der Waals surface area contributed by atoms with E-state index in [1.165, 1.54) is 0 Å². The number of aliphatic hydroxyl groups is 2. The highest BCUT2D eigenvalue weighted by Crippen LogP contribution is 2.16. The quantitative estimate of drug-likeness (QED) is 0.470. The van der Waals surface area contributed by atoms with Crippen molar-refractivity contribution >= 4 is 11.6 Å². The Morgan fingerprint density at radius 3 is 2.33 bits per heavy atom. The Balaban J connectivity index is 3.80. The summed E-state index contributed by atoms with van der Waals surface area (Å²) >= 11 is 5.02. The van der Waals surface area contributed by atoms with Crippen LogP contribution in [-0.4, -0.2) is 34.6 Å². The molecule has 0 saturated heterocycles. The van der Waals surface area contributed by atoms with Gasteiger partial charge >= 0.3 is 0 Å². The first kappa shape index (κ1) is 9.10. The van der Waals surface area contributed by atoms with Crippen LogP contribution < -0.4 is 5.73 Å². The molecule has 4 N–H and O–H groups in total. The molecule has 0 aromatic carbocycles. The van der Waals surface area contributed by atoms with Gasteiger partial charge in [0.05, 0.1) is 6.61 Å². The SMILES string of the molecule is NC[C@H](F)C(O)(Cl)CO. The molecule has 0 aliphatic heterocycles. The fourth-order valence-electron chi connectivity index (χ4n) is 0.280. The number of nitrogens with two attached hydrogens (primary N) is 1. The van der Waals surface area contributed by atoms with Crippen LogP contribution in [0.15, 0.2) is 0 Å². The van der Waals surface area contributed by atoms with Gasteiger partial charge in [0.2, 0.25) is 0 Å². The summed E-state index contributed by atoms with van der Waals surface area (Å²) in [5, 5.41) is 14.7. The Labute approximate surface area is 57.2 Å². The van der Waals surface area contributed by atoms with Crippen molar-refractivity contribution < 1.29 is 14.6 Å². The summed E-state index contributed by atoms with van der Waals surface area (Å²) in [4.78, 5) is 0. The lowest BCUT2D eigenvalue weighted by Gasteiger charge is -2.20. The molecule has 0 spiro atoms. The molecule has 0 rings (SSSR count). The Bertz CT molecular complexity index is 90.6. The van der Waals surface area contributed by atoms with Crippen molar-refractivity contribution in [1.29, 1.82) is 0 Å². The molecule has 56 valence electrons. The third-order valence-electron chi connectivity index (χ3n) is 0.909. The van der Waals surface area contributed by atoms with Gasteiger partial charge in [-0.3, -0.25) is 0 Å². The van der Waals surface area contributed by atoms with Gasteiger partial charge in [0.25, 0.3) is 0 Å². The van der Waals surface area contributed by atoms with Crippen LogP contribution in [0, 0.1) is 0 Å². The fourth-order valence-corrected chi connectivity index (χ4v) is 0.369. The van der Waals surface area contributed by atoms with E-state index in [-0.39, 0.29) is 0 Å². The van der Waals surface area contributed by atoms with E-state index in [9.17, 15) is 4.39 Å². The maximum Gasteiger partial charge on any atom is 0.194 e. The molecule has 0 aliphatic rings. The molecule has 0 fully saturated rings. The second-order valence-corrected chi connectivity index (χ2v) is 2.33. The fraction of sp³-hybridized carbons (Fsp3) is 1.00. The zero-order valence-electron chi connectivity index (χ0n) is 4.72. The Morgan fingerprint density at radius 2 is 2.22 bits per heavy atom. The molecule has 0 saturated carbocycles. The average Bonchev–Trinajstić information content (AvgIpc) is 1.86. The zero-order valence-corrected chi connectivity index (χ0v) is 5.48. The highest BCUT2D eigenvalue weighted by Gasteiger charge is 2.32. The monoisotopic (exact) mass is 157 g/mol. The predicted molar refractivity (Wildman–Crippen MR) is 31.8 cm³/mol. The van der Waals surface area contributed by atoms with E-state index in [1.807, 2.05) is 0 Å². The van der Waals surface area contributed by atoms with E-state index >= 15 is 0 Å². The molecule has 0 aliphatic carbocycles. The van der Waals surface area contributed by atoms with Gasteiger partial charge in [0.15, 0.2) is 11.2 Å². The molecule has 0 bridgehead atoms. The van der Waals surface area contributed by atoms with Crippen molar-refractivity contribution in [3.63, 3.8) is 0 Å². The molecule has 0 aromatic rings. The summed E-state index contributed by atoms with van der Waals surface area (Å²) in [5.74, 6) is 0. The van der Waals surface area contributed by atoms with Gasteiger partial charge in [-0.15, -0.1) is 0 Å². The van der Waals surface area contributed by atoms with Crippen molar-refractivity contribution in [3.8, 4) is 0 Å². The van der Waals surface area contributed by atoms with E-state index < -0.39 is 24.4 Å². The average molecular weight is 158 g/mol. The van der Waals surface area contributed by atoms with Gasteiger partial charge < -0.3 is 15.9 Å². The summed E-state index contributed by atoms with van der Waals surface area (Å²) in [6.07, 6.45) is -1.79. The van der Waals surface area contributed by atoms with E-state index in [2.05, 4.69) is 0 Å². The van der Waals surface area contributed by atoms with Gasteiger partial charge in [0.1, 0.15) is 0 Å². The van der Waals surface area contributed by atoms with Crippen LogP contribution in [0.5, 0.6) is 0 Å². The predicted octanol–water partition coefficient (Wildman–Crippen LogP) is -0.797. The molecular formula is C4H9ClFNO2. The molecule has 5 heteroatoms. The number of aliphatic hydroxyl groups excluding tert-OH is 1. The van der Waals surface area contributed by atoms with Gasteiger partial charge in [-0.05, 0) is 0 Å². The second-order valence-electron chi connectivity index (χ2n) is 1.68. The molecule has 3 nitrogen and oxygen atoms in total. The summed E-state index contributed by atoms with van der Waals surface area (Å²) in [5.41, 5.74) is 4.80. The number of hydrogen-bond donors (Lipinski definition) is 3. The molecular weight excluding hydrogens is 148 g/mol. The van der Waals surface area contributed by atoms with Crippen LogP contribution >= 0.6 is 11.6 Å². The molecule has 1 unspecified atom stereocenters. The molecule has 0 aromatic heterocycles. The van der Waals surface area contributed by atoms with E-state index in [4.69, 9.17) is 27.5 Å². The molecule has 0 radical (unpaired) electrons. The van der Waals surface area contributed by atoms with Crippen molar-refractivity contribution in [2.75, 3.05) is 13.2 Å². The first-order valence-electron chi connectivity index (χ1n) is 2.41. The highest BCUT2D eigenvalue weighted by molar-refractivity contribution is 6.23. The van der Waals surface area contributed by atoms with E-state index in [0.29, 0.717) is 0 Å². The number of halogens is 2. The van der Waals surface area contributed by atoms with Gasteiger partial charge in [-0.2, -0.15) is 0 Å². The Hall–Kier alpha value is 0.1000. The smallest absolute Gasteiger partial charge is 0.194 e. The zero-order chi connectivity index (χ0) is 7.49. The lowest BCUT2D eigenvalue weighted by Crippen LogP contribution is -2.41. The number of alkyl halides is 2. The van der Waals surface area contributed by atoms with Crippen LogP contribution in [0.1, 0.15) is 0 Å². The topological polar surface area (TPSA) is 66.5 Å². The number of hydrogen-bond acceptors (Lipinski definition) is 3. The molecule has 0 heterocycles. The molecule has 0 amide bonds. The molecule has 9 heavy (non-hydrogen) atoms. The Morgan fingerprint density at radius 1 is 1.78 bits per heavy atom. The van der Waals surface area contributed by atoms with Gasteiger partial charge in [-0.1, -0.05) is 11.6 Å². The van der Waals surface area contributed by atoms with Crippen LogP contribution in [-0.2, 0) is 0 Å². The van der Waals surface area contributed by atoms with Gasteiger partial charge in [0, 0.05) is 6.54 Å². The van der Waals surface area contributed by atoms with Crippen molar-refractivity contribution in [1.82, 2.24) is 0 Å². The van der Waals surface area contributed by atoms with E-state index in [1.54, 1.807) is 0 Å². The lowest BCUT2D eigenvalue weighted by molar-refractivity contribution is -0.00362. The normalized spacial score (nSPS) is 21.0. The minimum Gasteiger partial charge on any atom is -0.392 e. The third-order valence-corrected chi connectivity index (χ3v) is 1.26. The van der Waals surface area contributed by atoms with Crippen molar-refractivity contribution in [3.05, 3.63) is 0 Å².